The second-order valence-electron chi connectivity index (χ2n) is 8.79. The molecule has 0 spiro atoms. The summed E-state index contributed by atoms with van der Waals surface area (Å²) in [6.07, 6.45) is 7.08. The highest BCUT2D eigenvalue weighted by atomic mass is 16.5. The number of methoxy groups -OCH3 is 1. The van der Waals surface area contributed by atoms with Crippen molar-refractivity contribution in [2.45, 2.75) is 38.6 Å². The molecule has 0 bridgehead atoms. The fraction of sp³-hybridized carbons (Fsp3) is 0.370. The number of nitrogens with one attached hydrogen (secondary N) is 1. The van der Waals surface area contributed by atoms with Gasteiger partial charge in [0.2, 0.25) is 11.8 Å². The Morgan fingerprint density at radius 1 is 1.24 bits per heavy atom. The summed E-state index contributed by atoms with van der Waals surface area (Å²) < 4.78 is 7.26. The van der Waals surface area contributed by atoms with Gasteiger partial charge >= 0.3 is 0 Å². The highest BCUT2D eigenvalue weighted by molar-refractivity contribution is 6.00. The maximum atomic E-state index is 13.3. The Balaban J connectivity index is 1.50. The Hall–Kier alpha value is -3.61. The number of aromatic nitrogens is 2. The summed E-state index contributed by atoms with van der Waals surface area (Å²) in [5, 5.41) is 3.14. The molecule has 3 aromatic rings. The minimum atomic E-state index is -0.454. The van der Waals surface area contributed by atoms with Crippen molar-refractivity contribution in [2.75, 3.05) is 18.6 Å². The van der Waals surface area contributed by atoms with Gasteiger partial charge < -0.3 is 19.5 Å². The predicted octanol–water partition coefficient (Wildman–Crippen LogP) is 4.03. The lowest BCUT2D eigenvalue weighted by atomic mass is 10.0. The number of carbonyl (C=O) groups is 2. The molecule has 1 aliphatic heterocycles. The molecule has 34 heavy (non-hydrogen) atoms. The van der Waals surface area contributed by atoms with E-state index in [-0.39, 0.29) is 18.2 Å². The second-order valence-corrected chi connectivity index (χ2v) is 8.79. The largest absolute Gasteiger partial charge is 0.497 e. The van der Waals surface area contributed by atoms with E-state index in [4.69, 9.17) is 4.74 Å². The Labute approximate surface area is 200 Å². The number of unbranched alkanes of at least 4 members (excludes halogenated alkanes) is 1. The number of rotatable bonds is 9. The molecule has 2 aromatic carbocycles. The van der Waals surface area contributed by atoms with E-state index in [0.717, 1.165) is 30.5 Å². The molecule has 2 unspecified atom stereocenters. The third-order valence-corrected chi connectivity index (χ3v) is 6.39. The Bertz CT molecular complexity index is 1140. The Morgan fingerprint density at radius 3 is 2.71 bits per heavy atom. The fourth-order valence-corrected chi connectivity index (χ4v) is 4.39. The highest BCUT2D eigenvalue weighted by Gasteiger charge is 2.36. The quantitative estimate of drug-likeness (QED) is 0.523. The van der Waals surface area contributed by atoms with Crippen molar-refractivity contribution in [3.63, 3.8) is 0 Å². The predicted molar refractivity (Wildman–Crippen MR) is 132 cm³/mol. The number of anilines is 1. The molecule has 2 amide bonds. The van der Waals surface area contributed by atoms with Gasteiger partial charge in [-0.15, -0.1) is 0 Å². The van der Waals surface area contributed by atoms with Crippen LogP contribution in [0.5, 0.6) is 5.75 Å². The summed E-state index contributed by atoms with van der Waals surface area (Å²) in [7, 11) is 3.51. The van der Waals surface area contributed by atoms with E-state index in [0.29, 0.717) is 18.1 Å². The van der Waals surface area contributed by atoms with Crippen LogP contribution in [0.1, 0.15) is 49.2 Å². The van der Waals surface area contributed by atoms with Crippen molar-refractivity contribution in [1.29, 1.82) is 0 Å². The minimum Gasteiger partial charge on any atom is -0.497 e. The van der Waals surface area contributed by atoms with Crippen LogP contribution in [0, 0.1) is 5.92 Å². The van der Waals surface area contributed by atoms with Crippen molar-refractivity contribution in [3.8, 4) is 5.75 Å². The molecule has 1 N–H and O–H groups in total. The average molecular weight is 461 g/mol. The van der Waals surface area contributed by atoms with Crippen LogP contribution in [-0.4, -0.2) is 35.0 Å². The van der Waals surface area contributed by atoms with Crippen molar-refractivity contribution in [1.82, 2.24) is 14.9 Å². The maximum absolute atomic E-state index is 13.3. The van der Waals surface area contributed by atoms with Gasteiger partial charge in [-0.3, -0.25) is 9.59 Å². The normalized spacial score (nSPS) is 16.5. The summed E-state index contributed by atoms with van der Waals surface area (Å²) in [4.78, 5) is 32.3. The number of hydrogen-bond acceptors (Lipinski definition) is 4. The van der Waals surface area contributed by atoms with Crippen LogP contribution in [0.3, 0.4) is 0 Å². The van der Waals surface area contributed by atoms with Gasteiger partial charge in [-0.2, -0.15) is 0 Å². The van der Waals surface area contributed by atoms with Gasteiger partial charge in [-0.05, 0) is 48.2 Å². The number of aryl methyl sites for hydroxylation is 2. The smallest absolute Gasteiger partial charge is 0.227 e. The topological polar surface area (TPSA) is 76.5 Å². The van der Waals surface area contributed by atoms with Crippen LogP contribution >= 0.6 is 0 Å². The number of benzene rings is 2. The number of amides is 2. The van der Waals surface area contributed by atoms with Gasteiger partial charge in [0.25, 0.3) is 0 Å². The van der Waals surface area contributed by atoms with Crippen molar-refractivity contribution in [2.24, 2.45) is 13.0 Å². The lowest BCUT2D eigenvalue weighted by Gasteiger charge is -2.22. The van der Waals surface area contributed by atoms with Crippen LogP contribution in [0.2, 0.25) is 0 Å². The van der Waals surface area contributed by atoms with E-state index >= 15 is 0 Å². The molecule has 1 fully saturated rings. The maximum Gasteiger partial charge on any atom is 0.227 e. The van der Waals surface area contributed by atoms with E-state index in [1.807, 2.05) is 54.2 Å². The average Bonchev–Trinajstić information content (AvgIpc) is 3.46. The summed E-state index contributed by atoms with van der Waals surface area (Å²) in [6.45, 7) is 2.54. The monoisotopic (exact) mass is 460 g/mol. The van der Waals surface area contributed by atoms with Gasteiger partial charge in [0.1, 0.15) is 17.6 Å². The molecule has 7 nitrogen and oxygen atoms in total. The molecule has 4 rings (SSSR count). The van der Waals surface area contributed by atoms with E-state index in [2.05, 4.69) is 29.4 Å². The van der Waals surface area contributed by atoms with Crippen molar-refractivity contribution < 1.29 is 14.3 Å². The molecule has 0 saturated carbocycles. The van der Waals surface area contributed by atoms with E-state index in [1.54, 1.807) is 18.2 Å². The van der Waals surface area contributed by atoms with Gasteiger partial charge in [-0.25, -0.2) is 4.98 Å². The first-order chi connectivity index (χ1) is 16.5. The van der Waals surface area contributed by atoms with Crippen LogP contribution in [-0.2, 0) is 23.1 Å². The number of nitrogens with zero attached hydrogens (tertiary/aromatic N) is 3. The second kappa shape index (κ2) is 10.5. The lowest BCUT2D eigenvalue weighted by molar-refractivity contribution is -0.126. The molecule has 178 valence electrons. The van der Waals surface area contributed by atoms with Crippen LogP contribution in [0.25, 0.3) is 0 Å². The summed E-state index contributed by atoms with van der Waals surface area (Å²) in [5.41, 5.74) is 2.97. The van der Waals surface area contributed by atoms with Crippen LogP contribution in [0.15, 0.2) is 60.9 Å². The molecule has 0 aliphatic carbocycles. The summed E-state index contributed by atoms with van der Waals surface area (Å²) in [5.74, 6) is 0.796. The molecular formula is C27H32N4O3. The van der Waals surface area contributed by atoms with Crippen molar-refractivity contribution in [3.05, 3.63) is 77.9 Å². The first-order valence-corrected chi connectivity index (χ1v) is 11.8. The van der Waals surface area contributed by atoms with Gasteiger partial charge in [-0.1, -0.05) is 37.6 Å². The molecule has 1 saturated heterocycles. The number of ether oxygens (including phenoxy) is 1. The molecule has 7 heteroatoms. The Morgan fingerprint density at radius 2 is 2.03 bits per heavy atom. The van der Waals surface area contributed by atoms with E-state index in [1.165, 1.54) is 5.56 Å². The molecule has 2 atom stereocenters. The minimum absolute atomic E-state index is 0.0311. The number of carbonyl (C=O) groups excluding carboxylic acids is 2. The molecule has 0 radical (unpaired) electrons. The molecule has 1 aliphatic rings. The standard InChI is InChI=1S/C27H32N4O3/c1-4-5-7-19-10-12-22(13-11-19)31-18-21(17-24(31)32)27(33)29-25(26-28-14-15-30(26)2)20-8-6-9-23(16-20)34-3/h6,8-16,21,25H,4-5,7,17-18H2,1-3H3,(H,29,33). The fourth-order valence-electron chi connectivity index (χ4n) is 4.39. The highest BCUT2D eigenvalue weighted by Crippen LogP contribution is 2.28. The third kappa shape index (κ3) is 5.14. The molecule has 1 aromatic heterocycles. The first kappa shape index (κ1) is 23.5. The van der Waals surface area contributed by atoms with Crippen molar-refractivity contribution >= 4 is 17.5 Å². The van der Waals surface area contributed by atoms with Gasteiger partial charge in [0, 0.05) is 38.1 Å². The molecular weight excluding hydrogens is 428 g/mol. The zero-order valence-electron chi connectivity index (χ0n) is 20.0. The van der Waals surface area contributed by atoms with Gasteiger partial charge in [0.15, 0.2) is 0 Å². The third-order valence-electron chi connectivity index (χ3n) is 6.39. The lowest BCUT2D eigenvalue weighted by Crippen LogP contribution is -2.37. The Kier molecular flexibility index (Phi) is 7.30. The van der Waals surface area contributed by atoms with E-state index < -0.39 is 12.0 Å². The van der Waals surface area contributed by atoms with E-state index in [9.17, 15) is 9.59 Å². The number of imidazole rings is 1. The number of hydrogen-bond donors (Lipinski definition) is 1. The zero-order chi connectivity index (χ0) is 24.1. The SMILES string of the molecule is CCCCc1ccc(N2CC(C(=O)NC(c3cccc(OC)c3)c3nccn3C)CC2=O)cc1. The summed E-state index contributed by atoms with van der Waals surface area (Å²) in [6, 6.07) is 15.2. The van der Waals surface area contributed by atoms with Gasteiger partial charge in [0.05, 0.1) is 13.0 Å². The van der Waals surface area contributed by atoms with Crippen LogP contribution in [0.4, 0.5) is 5.69 Å². The van der Waals surface area contributed by atoms with Crippen LogP contribution < -0.4 is 15.0 Å². The molecule has 2 heterocycles. The zero-order valence-corrected chi connectivity index (χ0v) is 20.0. The first-order valence-electron chi connectivity index (χ1n) is 11.8. The summed E-state index contributed by atoms with van der Waals surface area (Å²) >= 11 is 0.